The van der Waals surface area contributed by atoms with Gasteiger partial charge in [0.25, 0.3) is 5.91 Å². The molecule has 0 saturated heterocycles. The van der Waals surface area contributed by atoms with Crippen molar-refractivity contribution in [2.75, 3.05) is 11.9 Å². The summed E-state index contributed by atoms with van der Waals surface area (Å²) in [5.41, 5.74) is 3.79. The van der Waals surface area contributed by atoms with Crippen molar-refractivity contribution in [2.45, 2.75) is 13.8 Å². The van der Waals surface area contributed by atoms with E-state index in [2.05, 4.69) is 10.3 Å². The molecule has 2 aromatic carbocycles. The van der Waals surface area contributed by atoms with Gasteiger partial charge in [0.15, 0.2) is 12.2 Å². The van der Waals surface area contributed by atoms with Gasteiger partial charge in [0.1, 0.15) is 5.75 Å². The molecule has 0 aliphatic rings. The standard InChI is InChI=1S/C17H16N2O4/c1-10-3-5-13(7-11(10)2)22-9-16(20)18-12-4-6-14-15(8-12)23-17(21)19-14/h3-8H,9H2,1-2H3,(H,18,20)(H,19,21). The van der Waals surface area contributed by atoms with Crippen LogP contribution in [0.3, 0.4) is 0 Å². The van der Waals surface area contributed by atoms with Gasteiger partial charge in [0.2, 0.25) is 0 Å². The second-order valence-electron chi connectivity index (χ2n) is 5.31. The Labute approximate surface area is 132 Å². The molecule has 2 N–H and O–H groups in total. The fraction of sp³-hybridized carbons (Fsp3) is 0.176. The van der Waals surface area contributed by atoms with Gasteiger partial charge < -0.3 is 14.5 Å². The van der Waals surface area contributed by atoms with E-state index in [1.165, 1.54) is 5.56 Å². The number of ether oxygens (including phenoxy) is 1. The number of rotatable bonds is 4. The Kier molecular flexibility index (Phi) is 3.89. The van der Waals surface area contributed by atoms with Gasteiger partial charge in [-0.15, -0.1) is 0 Å². The Bertz CT molecular complexity index is 924. The largest absolute Gasteiger partial charge is 0.484 e. The number of H-pyrrole nitrogens is 1. The molecule has 1 heterocycles. The summed E-state index contributed by atoms with van der Waals surface area (Å²) in [6, 6.07) is 10.6. The first-order valence-electron chi connectivity index (χ1n) is 7.14. The van der Waals surface area contributed by atoms with Gasteiger partial charge >= 0.3 is 5.76 Å². The van der Waals surface area contributed by atoms with Crippen molar-refractivity contribution in [2.24, 2.45) is 0 Å². The first kappa shape index (κ1) is 14.9. The van der Waals surface area contributed by atoms with E-state index in [0.29, 0.717) is 22.5 Å². The van der Waals surface area contributed by atoms with E-state index in [9.17, 15) is 9.59 Å². The lowest BCUT2D eigenvalue weighted by Crippen LogP contribution is -2.20. The van der Waals surface area contributed by atoms with Crippen molar-refractivity contribution < 1.29 is 13.9 Å². The van der Waals surface area contributed by atoms with Gasteiger partial charge in [-0.05, 0) is 49.2 Å². The number of hydrogen-bond acceptors (Lipinski definition) is 4. The molecule has 0 saturated carbocycles. The Balaban J connectivity index is 1.63. The predicted molar refractivity (Wildman–Crippen MR) is 86.9 cm³/mol. The molecule has 3 rings (SSSR count). The molecule has 0 aliphatic heterocycles. The van der Waals surface area contributed by atoms with Gasteiger partial charge in [-0.1, -0.05) is 6.07 Å². The lowest BCUT2D eigenvalue weighted by atomic mass is 10.1. The highest BCUT2D eigenvalue weighted by Crippen LogP contribution is 2.18. The van der Waals surface area contributed by atoms with Crippen LogP contribution in [0.4, 0.5) is 5.69 Å². The number of aromatic amines is 1. The summed E-state index contributed by atoms with van der Waals surface area (Å²) in [5, 5.41) is 2.70. The van der Waals surface area contributed by atoms with Crippen molar-refractivity contribution in [3.63, 3.8) is 0 Å². The quantitative estimate of drug-likeness (QED) is 0.776. The van der Waals surface area contributed by atoms with Crippen LogP contribution in [0.5, 0.6) is 5.75 Å². The van der Waals surface area contributed by atoms with Crippen molar-refractivity contribution in [3.8, 4) is 5.75 Å². The van der Waals surface area contributed by atoms with Crippen molar-refractivity contribution in [1.29, 1.82) is 0 Å². The maximum absolute atomic E-state index is 11.9. The molecule has 1 aromatic heterocycles. The van der Waals surface area contributed by atoms with Crippen LogP contribution in [0.1, 0.15) is 11.1 Å². The Morgan fingerprint density at radius 1 is 1.17 bits per heavy atom. The van der Waals surface area contributed by atoms with Gasteiger partial charge in [-0.3, -0.25) is 9.78 Å². The van der Waals surface area contributed by atoms with Crippen LogP contribution in [-0.4, -0.2) is 17.5 Å². The maximum Gasteiger partial charge on any atom is 0.417 e. The van der Waals surface area contributed by atoms with Crippen molar-refractivity contribution >= 4 is 22.7 Å². The molecule has 6 nitrogen and oxygen atoms in total. The lowest BCUT2D eigenvalue weighted by Gasteiger charge is -2.09. The van der Waals surface area contributed by atoms with Crippen LogP contribution in [0.2, 0.25) is 0 Å². The monoisotopic (exact) mass is 312 g/mol. The highest BCUT2D eigenvalue weighted by molar-refractivity contribution is 5.93. The zero-order valence-electron chi connectivity index (χ0n) is 12.8. The number of anilines is 1. The fourth-order valence-corrected chi connectivity index (χ4v) is 2.17. The summed E-state index contributed by atoms with van der Waals surface area (Å²) < 4.78 is 10.4. The summed E-state index contributed by atoms with van der Waals surface area (Å²) >= 11 is 0. The third-order valence-electron chi connectivity index (χ3n) is 3.55. The number of nitrogens with one attached hydrogen (secondary N) is 2. The molecule has 118 valence electrons. The molecule has 23 heavy (non-hydrogen) atoms. The maximum atomic E-state index is 11.9. The zero-order valence-corrected chi connectivity index (χ0v) is 12.8. The number of benzene rings is 2. The smallest absolute Gasteiger partial charge is 0.417 e. The number of aryl methyl sites for hydroxylation is 2. The Hall–Kier alpha value is -3.02. The number of amides is 1. The van der Waals surface area contributed by atoms with Crippen LogP contribution in [0.25, 0.3) is 11.1 Å². The normalized spacial score (nSPS) is 10.7. The van der Waals surface area contributed by atoms with Crippen LogP contribution >= 0.6 is 0 Å². The van der Waals surface area contributed by atoms with Crippen LogP contribution < -0.4 is 15.8 Å². The molecule has 3 aromatic rings. The Morgan fingerprint density at radius 3 is 2.78 bits per heavy atom. The summed E-state index contributed by atoms with van der Waals surface area (Å²) in [7, 11) is 0. The Morgan fingerprint density at radius 2 is 2.00 bits per heavy atom. The van der Waals surface area contributed by atoms with E-state index in [1.54, 1.807) is 18.2 Å². The van der Waals surface area contributed by atoms with Gasteiger partial charge in [-0.2, -0.15) is 0 Å². The molecule has 0 fully saturated rings. The first-order valence-corrected chi connectivity index (χ1v) is 7.14. The highest BCUT2D eigenvalue weighted by atomic mass is 16.5. The van der Waals surface area contributed by atoms with Crippen LogP contribution in [0, 0.1) is 13.8 Å². The van der Waals surface area contributed by atoms with E-state index in [0.717, 1.165) is 5.56 Å². The van der Waals surface area contributed by atoms with Crippen LogP contribution in [-0.2, 0) is 4.79 Å². The number of fused-ring (bicyclic) bond motifs is 1. The van der Waals surface area contributed by atoms with Gasteiger partial charge in [0.05, 0.1) is 5.52 Å². The average molecular weight is 312 g/mol. The molecule has 0 spiro atoms. The molecule has 0 bridgehead atoms. The average Bonchev–Trinajstić information content (AvgIpc) is 2.88. The van der Waals surface area contributed by atoms with Gasteiger partial charge in [-0.25, -0.2) is 4.79 Å². The molecular weight excluding hydrogens is 296 g/mol. The predicted octanol–water partition coefficient (Wildman–Crippen LogP) is 2.76. The van der Waals surface area contributed by atoms with E-state index >= 15 is 0 Å². The van der Waals surface area contributed by atoms with Crippen molar-refractivity contribution in [3.05, 3.63) is 58.1 Å². The zero-order chi connectivity index (χ0) is 16.4. The van der Waals surface area contributed by atoms with E-state index < -0.39 is 5.76 Å². The number of aromatic nitrogens is 1. The minimum atomic E-state index is -0.526. The summed E-state index contributed by atoms with van der Waals surface area (Å²) in [4.78, 5) is 25.6. The third-order valence-corrected chi connectivity index (χ3v) is 3.55. The van der Waals surface area contributed by atoms with Crippen molar-refractivity contribution in [1.82, 2.24) is 4.98 Å². The minimum absolute atomic E-state index is 0.0996. The number of carbonyl (C=O) groups excluding carboxylic acids is 1. The van der Waals surface area contributed by atoms with E-state index in [1.807, 2.05) is 32.0 Å². The van der Waals surface area contributed by atoms with E-state index in [-0.39, 0.29) is 12.5 Å². The van der Waals surface area contributed by atoms with Crippen LogP contribution in [0.15, 0.2) is 45.6 Å². The summed E-state index contributed by atoms with van der Waals surface area (Å²) in [5.74, 6) is -0.169. The summed E-state index contributed by atoms with van der Waals surface area (Å²) in [6.45, 7) is 3.90. The second kappa shape index (κ2) is 6.00. The topological polar surface area (TPSA) is 84.3 Å². The molecule has 6 heteroatoms. The summed E-state index contributed by atoms with van der Waals surface area (Å²) in [6.07, 6.45) is 0. The minimum Gasteiger partial charge on any atom is -0.484 e. The molecule has 0 atom stereocenters. The second-order valence-corrected chi connectivity index (χ2v) is 5.31. The SMILES string of the molecule is Cc1ccc(OCC(=O)Nc2ccc3[nH]c(=O)oc3c2)cc1C. The number of hydrogen-bond donors (Lipinski definition) is 2. The highest BCUT2D eigenvalue weighted by Gasteiger charge is 2.07. The lowest BCUT2D eigenvalue weighted by molar-refractivity contribution is -0.118. The fourth-order valence-electron chi connectivity index (χ4n) is 2.17. The molecule has 1 amide bonds. The molecule has 0 unspecified atom stereocenters. The molecule has 0 aliphatic carbocycles. The number of oxazole rings is 1. The molecular formula is C17H16N2O4. The third kappa shape index (κ3) is 3.42. The van der Waals surface area contributed by atoms with Gasteiger partial charge in [0, 0.05) is 11.8 Å². The van der Waals surface area contributed by atoms with E-state index in [4.69, 9.17) is 9.15 Å². The first-order chi connectivity index (χ1) is 11.0. The molecule has 0 radical (unpaired) electrons. The number of carbonyl (C=O) groups is 1.